The van der Waals surface area contributed by atoms with Gasteiger partial charge in [0, 0.05) is 36.2 Å². The van der Waals surface area contributed by atoms with Crippen molar-refractivity contribution in [1.82, 2.24) is 4.90 Å². The summed E-state index contributed by atoms with van der Waals surface area (Å²) in [5.41, 5.74) is 1.40. The van der Waals surface area contributed by atoms with Gasteiger partial charge >= 0.3 is 0 Å². The summed E-state index contributed by atoms with van der Waals surface area (Å²) in [6.45, 7) is 1.85. The summed E-state index contributed by atoms with van der Waals surface area (Å²) in [5, 5.41) is 11.5. The molecule has 0 N–H and O–H groups in total. The molecule has 0 radical (unpaired) electrons. The number of piperazine rings is 1. The summed E-state index contributed by atoms with van der Waals surface area (Å²) >= 11 is 3.40. The van der Waals surface area contributed by atoms with Crippen molar-refractivity contribution in [2.24, 2.45) is 0 Å². The van der Waals surface area contributed by atoms with E-state index in [0.717, 1.165) is 10.0 Å². The molecule has 0 unspecified atom stereocenters. The Balaban J connectivity index is 1.44. The molecular formula is C22H20BrN3O5. The van der Waals surface area contributed by atoms with E-state index in [0.29, 0.717) is 43.4 Å². The molecule has 1 fully saturated rings. The van der Waals surface area contributed by atoms with Gasteiger partial charge < -0.3 is 19.0 Å². The molecule has 2 heterocycles. The number of halogens is 1. The Morgan fingerprint density at radius 3 is 2.42 bits per heavy atom. The van der Waals surface area contributed by atoms with Crippen molar-refractivity contribution in [2.75, 3.05) is 38.2 Å². The molecule has 1 aromatic heterocycles. The quantitative estimate of drug-likeness (QED) is 0.387. The van der Waals surface area contributed by atoms with Gasteiger partial charge in [-0.3, -0.25) is 14.9 Å². The topological polar surface area (TPSA) is 89.1 Å². The number of hydrogen-bond acceptors (Lipinski definition) is 6. The predicted octanol–water partition coefficient (Wildman–Crippen LogP) is 4.59. The lowest BCUT2D eigenvalue weighted by atomic mass is 10.2. The summed E-state index contributed by atoms with van der Waals surface area (Å²) in [6.07, 6.45) is 0. The lowest BCUT2D eigenvalue weighted by Crippen LogP contribution is -2.48. The second kappa shape index (κ2) is 8.81. The van der Waals surface area contributed by atoms with Gasteiger partial charge in [0.1, 0.15) is 17.2 Å². The molecule has 0 spiro atoms. The van der Waals surface area contributed by atoms with Crippen LogP contribution in [0, 0.1) is 10.1 Å². The smallest absolute Gasteiger partial charge is 0.296 e. The van der Waals surface area contributed by atoms with Crippen LogP contribution in [0.4, 0.5) is 11.4 Å². The van der Waals surface area contributed by atoms with E-state index in [1.807, 2.05) is 29.2 Å². The van der Waals surface area contributed by atoms with Gasteiger partial charge in [0.05, 0.1) is 18.1 Å². The molecule has 1 amide bonds. The van der Waals surface area contributed by atoms with Crippen molar-refractivity contribution in [3.05, 3.63) is 74.9 Å². The number of rotatable bonds is 5. The number of carbonyl (C=O) groups is 1. The first-order valence-corrected chi connectivity index (χ1v) is 10.5. The number of nitrogens with zero attached hydrogens (tertiary/aromatic N) is 3. The zero-order valence-corrected chi connectivity index (χ0v) is 18.4. The molecule has 160 valence electrons. The second-order valence-corrected chi connectivity index (χ2v) is 7.98. The Kier molecular flexibility index (Phi) is 5.94. The standard InChI is InChI=1S/C22H20BrN3O5/c1-30-17-6-7-18(19(14-17)26(28)29)24-10-12-25(13-11-24)22(27)21-9-8-20(31-21)15-2-4-16(23)5-3-15/h2-9,14H,10-13H2,1H3. The largest absolute Gasteiger partial charge is 0.496 e. The molecule has 1 aliphatic heterocycles. The van der Waals surface area contributed by atoms with E-state index in [-0.39, 0.29) is 17.4 Å². The number of benzene rings is 2. The molecule has 0 bridgehead atoms. The van der Waals surface area contributed by atoms with E-state index >= 15 is 0 Å². The van der Waals surface area contributed by atoms with Crippen LogP contribution in [0.2, 0.25) is 0 Å². The maximum atomic E-state index is 12.9. The first kappa shape index (κ1) is 20.9. The summed E-state index contributed by atoms with van der Waals surface area (Å²) in [6, 6.07) is 15.9. The van der Waals surface area contributed by atoms with Crippen molar-refractivity contribution < 1.29 is 18.9 Å². The Hall–Kier alpha value is -3.33. The third kappa shape index (κ3) is 4.41. The Bertz CT molecular complexity index is 1100. The van der Waals surface area contributed by atoms with Crippen LogP contribution in [0.5, 0.6) is 5.75 Å². The van der Waals surface area contributed by atoms with E-state index < -0.39 is 4.92 Å². The number of anilines is 1. The molecule has 1 aliphatic rings. The van der Waals surface area contributed by atoms with Gasteiger partial charge in [0.15, 0.2) is 5.76 Å². The van der Waals surface area contributed by atoms with Crippen molar-refractivity contribution >= 4 is 33.2 Å². The molecule has 2 aromatic carbocycles. The highest BCUT2D eigenvalue weighted by Crippen LogP contribution is 2.33. The fourth-order valence-electron chi connectivity index (χ4n) is 3.57. The molecule has 8 nitrogen and oxygen atoms in total. The molecule has 0 atom stereocenters. The molecule has 0 aliphatic carbocycles. The lowest BCUT2D eigenvalue weighted by molar-refractivity contribution is -0.384. The summed E-state index contributed by atoms with van der Waals surface area (Å²) in [5.74, 6) is 1.15. The van der Waals surface area contributed by atoms with Crippen LogP contribution in [0.15, 0.2) is 63.5 Å². The number of amides is 1. The number of hydrogen-bond donors (Lipinski definition) is 0. The van der Waals surface area contributed by atoms with Gasteiger partial charge in [-0.15, -0.1) is 0 Å². The van der Waals surface area contributed by atoms with Crippen LogP contribution < -0.4 is 9.64 Å². The average Bonchev–Trinajstić information content (AvgIpc) is 3.29. The molecule has 3 aromatic rings. The van der Waals surface area contributed by atoms with E-state index in [2.05, 4.69) is 15.9 Å². The zero-order chi connectivity index (χ0) is 22.0. The van der Waals surface area contributed by atoms with Gasteiger partial charge in [-0.25, -0.2) is 0 Å². The first-order chi connectivity index (χ1) is 15.0. The van der Waals surface area contributed by atoms with Crippen LogP contribution in [0.3, 0.4) is 0 Å². The fourth-order valence-corrected chi connectivity index (χ4v) is 3.84. The zero-order valence-electron chi connectivity index (χ0n) is 16.8. The number of furan rings is 1. The maximum Gasteiger partial charge on any atom is 0.296 e. The fraction of sp³-hybridized carbons (Fsp3) is 0.227. The lowest BCUT2D eigenvalue weighted by Gasteiger charge is -2.35. The van der Waals surface area contributed by atoms with Crippen LogP contribution in [-0.2, 0) is 0 Å². The van der Waals surface area contributed by atoms with Crippen molar-refractivity contribution in [2.45, 2.75) is 0 Å². The summed E-state index contributed by atoms with van der Waals surface area (Å²) in [4.78, 5) is 27.6. The van der Waals surface area contributed by atoms with Crippen molar-refractivity contribution in [3.63, 3.8) is 0 Å². The van der Waals surface area contributed by atoms with Gasteiger partial charge in [-0.05, 0) is 36.4 Å². The monoisotopic (exact) mass is 485 g/mol. The van der Waals surface area contributed by atoms with Gasteiger partial charge in [0.2, 0.25) is 0 Å². The maximum absolute atomic E-state index is 12.9. The predicted molar refractivity (Wildman–Crippen MR) is 120 cm³/mol. The Morgan fingerprint density at radius 2 is 1.77 bits per heavy atom. The van der Waals surface area contributed by atoms with Gasteiger partial charge in [-0.2, -0.15) is 0 Å². The average molecular weight is 486 g/mol. The normalized spacial score (nSPS) is 13.9. The van der Waals surface area contributed by atoms with E-state index in [1.165, 1.54) is 13.2 Å². The molecule has 0 saturated carbocycles. The first-order valence-electron chi connectivity index (χ1n) is 9.68. The van der Waals surface area contributed by atoms with E-state index in [1.54, 1.807) is 29.2 Å². The highest BCUT2D eigenvalue weighted by atomic mass is 79.9. The number of nitro benzene ring substituents is 1. The van der Waals surface area contributed by atoms with Gasteiger partial charge in [-0.1, -0.05) is 28.1 Å². The Morgan fingerprint density at radius 1 is 1.06 bits per heavy atom. The third-order valence-corrected chi connectivity index (χ3v) is 5.76. The number of carbonyl (C=O) groups excluding carboxylic acids is 1. The van der Waals surface area contributed by atoms with Crippen LogP contribution in [0.1, 0.15) is 10.6 Å². The summed E-state index contributed by atoms with van der Waals surface area (Å²) in [7, 11) is 1.47. The SMILES string of the molecule is COc1ccc(N2CCN(C(=O)c3ccc(-c4ccc(Br)cc4)o3)CC2)c([N+](=O)[O-])c1. The molecule has 4 rings (SSSR count). The van der Waals surface area contributed by atoms with E-state index in [4.69, 9.17) is 9.15 Å². The molecule has 31 heavy (non-hydrogen) atoms. The van der Waals surface area contributed by atoms with Crippen LogP contribution >= 0.6 is 15.9 Å². The molecule has 1 saturated heterocycles. The number of methoxy groups -OCH3 is 1. The number of ether oxygens (including phenoxy) is 1. The van der Waals surface area contributed by atoms with Crippen molar-refractivity contribution in [1.29, 1.82) is 0 Å². The minimum absolute atomic E-state index is 0.00991. The number of nitro groups is 1. The minimum Gasteiger partial charge on any atom is -0.496 e. The third-order valence-electron chi connectivity index (χ3n) is 5.23. The van der Waals surface area contributed by atoms with Gasteiger partial charge in [0.25, 0.3) is 11.6 Å². The molecule has 9 heteroatoms. The molecular weight excluding hydrogens is 466 g/mol. The second-order valence-electron chi connectivity index (χ2n) is 7.06. The van der Waals surface area contributed by atoms with E-state index in [9.17, 15) is 14.9 Å². The van der Waals surface area contributed by atoms with Crippen molar-refractivity contribution in [3.8, 4) is 17.1 Å². The summed E-state index contributed by atoms with van der Waals surface area (Å²) < 4.78 is 11.9. The Labute approximate surface area is 187 Å². The highest BCUT2D eigenvalue weighted by molar-refractivity contribution is 9.10. The van der Waals surface area contributed by atoms with Crippen LogP contribution in [-0.4, -0.2) is 49.0 Å². The highest BCUT2D eigenvalue weighted by Gasteiger charge is 2.28. The minimum atomic E-state index is -0.415. The van der Waals surface area contributed by atoms with Crippen LogP contribution in [0.25, 0.3) is 11.3 Å².